The fourth-order valence-electron chi connectivity index (χ4n) is 1.44. The van der Waals surface area contributed by atoms with Crippen molar-refractivity contribution in [2.45, 2.75) is 0 Å². The van der Waals surface area contributed by atoms with Gasteiger partial charge in [-0.25, -0.2) is 0 Å². The third kappa shape index (κ3) is 2.39. The molecule has 5 heteroatoms. The van der Waals surface area contributed by atoms with Crippen molar-refractivity contribution < 1.29 is 9.59 Å². The highest BCUT2D eigenvalue weighted by Gasteiger charge is 2.09. The first-order valence-corrected chi connectivity index (χ1v) is 5.05. The minimum Gasteiger partial charge on any atom is -0.321 e. The van der Waals surface area contributed by atoms with E-state index in [1.54, 1.807) is 43.6 Å². The summed E-state index contributed by atoms with van der Waals surface area (Å²) in [7, 11) is 1.70. The Morgan fingerprint density at radius 1 is 1.29 bits per heavy atom. The minimum absolute atomic E-state index is 0.233. The number of nitrogens with zero attached hydrogens (tertiary/aromatic N) is 2. The van der Waals surface area contributed by atoms with Crippen LogP contribution in [0.15, 0.2) is 36.5 Å². The molecule has 86 valence electrons. The first-order chi connectivity index (χ1) is 8.20. The van der Waals surface area contributed by atoms with Gasteiger partial charge in [0.15, 0.2) is 0 Å². The number of carbonyl (C=O) groups is 2. The molecule has 0 saturated carbocycles. The highest BCUT2D eigenvalue weighted by Crippen LogP contribution is 2.10. The van der Waals surface area contributed by atoms with Crippen LogP contribution >= 0.6 is 0 Å². The lowest BCUT2D eigenvalue weighted by Gasteiger charge is -2.05. The number of aromatic nitrogens is 2. The molecule has 0 atom stereocenters. The SMILES string of the molecule is Cn1nccc1C(=O)Nc1ccc(C=O)cc1. The van der Waals surface area contributed by atoms with E-state index in [0.717, 1.165) is 6.29 Å². The van der Waals surface area contributed by atoms with Gasteiger partial charge >= 0.3 is 0 Å². The second kappa shape index (κ2) is 4.61. The number of benzene rings is 1. The van der Waals surface area contributed by atoms with Gasteiger partial charge in [0.2, 0.25) is 0 Å². The van der Waals surface area contributed by atoms with Gasteiger partial charge in [-0.1, -0.05) is 0 Å². The van der Waals surface area contributed by atoms with Crippen LogP contribution < -0.4 is 5.32 Å². The predicted octanol–water partition coefficient (Wildman–Crippen LogP) is 1.48. The number of carbonyl (C=O) groups excluding carboxylic acids is 2. The highest BCUT2D eigenvalue weighted by molar-refractivity contribution is 6.03. The number of aryl methyl sites for hydroxylation is 1. The maximum Gasteiger partial charge on any atom is 0.273 e. The van der Waals surface area contributed by atoms with Crippen molar-refractivity contribution in [3.8, 4) is 0 Å². The second-order valence-electron chi connectivity index (χ2n) is 3.53. The molecular weight excluding hydrogens is 218 g/mol. The number of amides is 1. The first kappa shape index (κ1) is 11.1. The Kier molecular flexibility index (Phi) is 3.00. The predicted molar refractivity (Wildman–Crippen MR) is 63.0 cm³/mol. The van der Waals surface area contributed by atoms with Gasteiger partial charge in [-0.2, -0.15) is 5.10 Å². The molecule has 1 aromatic heterocycles. The van der Waals surface area contributed by atoms with Crippen LogP contribution in [0.25, 0.3) is 0 Å². The van der Waals surface area contributed by atoms with Gasteiger partial charge in [0.25, 0.3) is 5.91 Å². The Bertz CT molecular complexity index is 543. The lowest BCUT2D eigenvalue weighted by molar-refractivity contribution is 0.101. The van der Waals surface area contributed by atoms with Crippen LogP contribution in [0.4, 0.5) is 5.69 Å². The molecule has 0 saturated heterocycles. The number of nitrogens with one attached hydrogen (secondary N) is 1. The van der Waals surface area contributed by atoms with Crippen molar-refractivity contribution in [3.63, 3.8) is 0 Å². The van der Waals surface area contributed by atoms with Gasteiger partial charge in [-0.3, -0.25) is 14.3 Å². The van der Waals surface area contributed by atoms with Crippen LogP contribution in [0.2, 0.25) is 0 Å². The molecule has 2 rings (SSSR count). The van der Waals surface area contributed by atoms with Crippen molar-refractivity contribution in [1.82, 2.24) is 9.78 Å². The maximum absolute atomic E-state index is 11.8. The molecule has 0 aliphatic heterocycles. The largest absolute Gasteiger partial charge is 0.321 e. The van der Waals surface area contributed by atoms with E-state index >= 15 is 0 Å². The first-order valence-electron chi connectivity index (χ1n) is 5.05. The van der Waals surface area contributed by atoms with Crippen molar-refractivity contribution in [2.24, 2.45) is 7.05 Å². The molecule has 0 unspecified atom stereocenters. The Labute approximate surface area is 98.1 Å². The van der Waals surface area contributed by atoms with E-state index in [4.69, 9.17) is 0 Å². The van der Waals surface area contributed by atoms with Gasteiger partial charge in [-0.15, -0.1) is 0 Å². The molecule has 0 bridgehead atoms. The monoisotopic (exact) mass is 229 g/mol. The number of rotatable bonds is 3. The molecular formula is C12H11N3O2. The summed E-state index contributed by atoms with van der Waals surface area (Å²) in [5.74, 6) is -0.233. The van der Waals surface area contributed by atoms with Crippen LogP contribution in [-0.4, -0.2) is 22.0 Å². The number of anilines is 1. The fraction of sp³-hybridized carbons (Fsp3) is 0.0833. The maximum atomic E-state index is 11.8. The standard InChI is InChI=1S/C12H11N3O2/c1-15-11(6-7-13-15)12(17)14-10-4-2-9(8-16)3-5-10/h2-8H,1H3,(H,14,17). The Balaban J connectivity index is 2.13. The Morgan fingerprint density at radius 2 is 2.00 bits per heavy atom. The summed E-state index contributed by atoms with van der Waals surface area (Å²) in [6.45, 7) is 0. The summed E-state index contributed by atoms with van der Waals surface area (Å²) in [4.78, 5) is 22.3. The lowest BCUT2D eigenvalue weighted by atomic mass is 10.2. The smallest absolute Gasteiger partial charge is 0.273 e. The van der Waals surface area contributed by atoms with E-state index in [1.807, 2.05) is 0 Å². The molecule has 1 amide bonds. The molecule has 1 heterocycles. The molecule has 2 aromatic rings. The summed E-state index contributed by atoms with van der Waals surface area (Å²) in [5, 5.41) is 6.64. The molecule has 0 spiro atoms. The average molecular weight is 229 g/mol. The van der Waals surface area contributed by atoms with Gasteiger partial charge < -0.3 is 5.32 Å². The van der Waals surface area contributed by atoms with Crippen LogP contribution in [0.5, 0.6) is 0 Å². The third-order valence-corrected chi connectivity index (χ3v) is 2.36. The van der Waals surface area contributed by atoms with Crippen LogP contribution in [0.1, 0.15) is 20.8 Å². The fourth-order valence-corrected chi connectivity index (χ4v) is 1.44. The lowest BCUT2D eigenvalue weighted by Crippen LogP contribution is -2.15. The van der Waals surface area contributed by atoms with E-state index in [0.29, 0.717) is 16.9 Å². The normalized spacial score (nSPS) is 9.94. The van der Waals surface area contributed by atoms with E-state index in [9.17, 15) is 9.59 Å². The molecule has 0 aliphatic rings. The number of hydrogen-bond acceptors (Lipinski definition) is 3. The van der Waals surface area contributed by atoms with Crippen molar-refractivity contribution in [3.05, 3.63) is 47.8 Å². The minimum atomic E-state index is -0.233. The Hall–Kier alpha value is -2.43. The third-order valence-electron chi connectivity index (χ3n) is 2.36. The Morgan fingerprint density at radius 3 is 2.53 bits per heavy atom. The zero-order valence-corrected chi connectivity index (χ0v) is 9.25. The molecule has 1 N–H and O–H groups in total. The van der Waals surface area contributed by atoms with Gasteiger partial charge in [0.05, 0.1) is 0 Å². The zero-order valence-electron chi connectivity index (χ0n) is 9.25. The van der Waals surface area contributed by atoms with Crippen LogP contribution in [0.3, 0.4) is 0 Å². The highest BCUT2D eigenvalue weighted by atomic mass is 16.2. The number of hydrogen-bond donors (Lipinski definition) is 1. The molecule has 5 nitrogen and oxygen atoms in total. The van der Waals surface area contributed by atoms with Gasteiger partial charge in [-0.05, 0) is 30.3 Å². The summed E-state index contributed by atoms with van der Waals surface area (Å²) >= 11 is 0. The van der Waals surface area contributed by atoms with Gasteiger partial charge in [0.1, 0.15) is 12.0 Å². The molecule has 0 fully saturated rings. The summed E-state index contributed by atoms with van der Waals surface area (Å²) in [5.41, 5.74) is 1.69. The average Bonchev–Trinajstić information content (AvgIpc) is 2.76. The molecule has 0 radical (unpaired) electrons. The summed E-state index contributed by atoms with van der Waals surface area (Å²) < 4.78 is 1.50. The van der Waals surface area contributed by atoms with E-state index in [-0.39, 0.29) is 5.91 Å². The topological polar surface area (TPSA) is 64.0 Å². The van der Waals surface area contributed by atoms with E-state index < -0.39 is 0 Å². The van der Waals surface area contributed by atoms with E-state index in [2.05, 4.69) is 10.4 Å². The van der Waals surface area contributed by atoms with Crippen LogP contribution in [0, 0.1) is 0 Å². The number of aldehydes is 1. The molecule has 17 heavy (non-hydrogen) atoms. The van der Waals surface area contributed by atoms with Crippen molar-refractivity contribution >= 4 is 17.9 Å². The second-order valence-corrected chi connectivity index (χ2v) is 3.53. The quantitative estimate of drug-likeness (QED) is 0.811. The zero-order chi connectivity index (χ0) is 12.3. The van der Waals surface area contributed by atoms with Crippen molar-refractivity contribution in [2.75, 3.05) is 5.32 Å². The molecule has 0 aliphatic carbocycles. The summed E-state index contributed by atoms with van der Waals surface area (Å²) in [6.07, 6.45) is 2.32. The van der Waals surface area contributed by atoms with Crippen LogP contribution in [-0.2, 0) is 7.05 Å². The van der Waals surface area contributed by atoms with Gasteiger partial charge in [0, 0.05) is 24.5 Å². The summed E-state index contributed by atoms with van der Waals surface area (Å²) in [6, 6.07) is 8.28. The van der Waals surface area contributed by atoms with E-state index in [1.165, 1.54) is 4.68 Å². The molecule has 1 aromatic carbocycles. The van der Waals surface area contributed by atoms with Crippen molar-refractivity contribution in [1.29, 1.82) is 0 Å².